The lowest BCUT2D eigenvalue weighted by atomic mass is 10.1. The number of rotatable bonds is 9. The van der Waals surface area contributed by atoms with Crippen molar-refractivity contribution in [2.24, 2.45) is 4.99 Å². The van der Waals surface area contributed by atoms with Crippen LogP contribution in [0.25, 0.3) is 0 Å². The molecule has 3 aromatic rings. The largest absolute Gasteiger partial charge is 0.357 e. The molecule has 1 aliphatic heterocycles. The molecule has 4 rings (SSSR count). The highest BCUT2D eigenvalue weighted by Gasteiger charge is 2.18. The first-order valence-electron chi connectivity index (χ1n) is 11.6. The van der Waals surface area contributed by atoms with Gasteiger partial charge in [0.1, 0.15) is 0 Å². The fourth-order valence-electron chi connectivity index (χ4n) is 3.90. The molecule has 9 nitrogen and oxygen atoms in total. The van der Waals surface area contributed by atoms with E-state index in [4.69, 9.17) is 4.99 Å². The summed E-state index contributed by atoms with van der Waals surface area (Å²) >= 11 is 0. The number of nitrogens with zero attached hydrogens (tertiary/aromatic N) is 7. The number of halogens is 1. The van der Waals surface area contributed by atoms with Gasteiger partial charge in [-0.05, 0) is 30.2 Å². The third-order valence-corrected chi connectivity index (χ3v) is 5.69. The van der Waals surface area contributed by atoms with Gasteiger partial charge in [-0.15, -0.1) is 24.0 Å². The van der Waals surface area contributed by atoms with Crippen molar-refractivity contribution in [3.8, 4) is 0 Å². The third kappa shape index (κ3) is 7.66. The lowest BCUT2D eigenvalue weighted by Crippen LogP contribution is -2.49. The molecule has 0 unspecified atom stereocenters. The van der Waals surface area contributed by atoms with Gasteiger partial charge in [-0.25, -0.2) is 15.0 Å². The van der Waals surface area contributed by atoms with Crippen LogP contribution < -0.4 is 15.5 Å². The van der Waals surface area contributed by atoms with Crippen molar-refractivity contribution >= 4 is 35.9 Å². The summed E-state index contributed by atoms with van der Waals surface area (Å²) < 4.78 is 1.94. The summed E-state index contributed by atoms with van der Waals surface area (Å²) in [4.78, 5) is 18.3. The monoisotopic (exact) mass is 575 g/mol. The molecule has 0 spiro atoms. The first-order valence-corrected chi connectivity index (χ1v) is 11.6. The highest BCUT2D eigenvalue weighted by molar-refractivity contribution is 14.0. The number of piperazine rings is 1. The van der Waals surface area contributed by atoms with Crippen LogP contribution in [-0.2, 0) is 13.1 Å². The smallest absolute Gasteiger partial charge is 0.225 e. The first-order chi connectivity index (χ1) is 16.3. The van der Waals surface area contributed by atoms with Gasteiger partial charge in [0, 0.05) is 70.6 Å². The number of hydrogen-bond acceptors (Lipinski definition) is 6. The molecule has 0 amide bonds. The van der Waals surface area contributed by atoms with E-state index in [0.29, 0.717) is 6.54 Å². The first kappa shape index (κ1) is 25.9. The van der Waals surface area contributed by atoms with E-state index in [-0.39, 0.29) is 24.0 Å². The van der Waals surface area contributed by atoms with Crippen LogP contribution >= 0.6 is 24.0 Å². The van der Waals surface area contributed by atoms with Gasteiger partial charge >= 0.3 is 0 Å². The van der Waals surface area contributed by atoms with Gasteiger partial charge < -0.3 is 15.5 Å². The second-order valence-electron chi connectivity index (χ2n) is 7.97. The molecule has 1 saturated heterocycles. The van der Waals surface area contributed by atoms with E-state index < -0.39 is 0 Å². The van der Waals surface area contributed by atoms with Crippen molar-refractivity contribution in [1.29, 1.82) is 0 Å². The highest BCUT2D eigenvalue weighted by Crippen LogP contribution is 2.12. The number of aromatic nitrogens is 4. The van der Waals surface area contributed by atoms with Crippen molar-refractivity contribution < 1.29 is 0 Å². The predicted molar refractivity (Wildman–Crippen MR) is 147 cm³/mol. The van der Waals surface area contributed by atoms with Crippen molar-refractivity contribution in [1.82, 2.24) is 35.3 Å². The summed E-state index contributed by atoms with van der Waals surface area (Å²) in [5.74, 6) is 1.67. The van der Waals surface area contributed by atoms with Gasteiger partial charge in [0.25, 0.3) is 0 Å². The summed E-state index contributed by atoms with van der Waals surface area (Å²) in [6, 6.07) is 12.2. The summed E-state index contributed by atoms with van der Waals surface area (Å²) in [7, 11) is 0. The molecular formula is C24H34IN9. The predicted octanol–water partition coefficient (Wildman–Crippen LogP) is 2.22. The fraction of sp³-hybridized carbons (Fsp3) is 0.417. The lowest BCUT2D eigenvalue weighted by Gasteiger charge is -2.34. The molecule has 3 heterocycles. The molecule has 1 aliphatic rings. The van der Waals surface area contributed by atoms with Crippen LogP contribution in [0.3, 0.4) is 0 Å². The summed E-state index contributed by atoms with van der Waals surface area (Å²) in [5.41, 5.74) is 2.45. The van der Waals surface area contributed by atoms with Crippen molar-refractivity contribution in [2.45, 2.75) is 20.0 Å². The zero-order chi connectivity index (χ0) is 22.7. The average molecular weight is 576 g/mol. The molecule has 0 radical (unpaired) electrons. The van der Waals surface area contributed by atoms with E-state index in [1.165, 1.54) is 11.1 Å². The molecule has 0 bridgehead atoms. The fourth-order valence-corrected chi connectivity index (χ4v) is 3.90. The summed E-state index contributed by atoms with van der Waals surface area (Å²) in [5, 5.41) is 11.2. The molecule has 10 heteroatoms. The molecule has 2 aromatic heterocycles. The minimum Gasteiger partial charge on any atom is -0.357 e. The normalized spacial score (nSPS) is 14.5. The summed E-state index contributed by atoms with van der Waals surface area (Å²) in [6.45, 7) is 10.0. The molecule has 0 saturated carbocycles. The second-order valence-corrected chi connectivity index (χ2v) is 7.97. The zero-order valence-corrected chi connectivity index (χ0v) is 22.0. The second kappa shape index (κ2) is 13.9. The molecule has 1 aromatic carbocycles. The van der Waals surface area contributed by atoms with Gasteiger partial charge in [-0.1, -0.05) is 24.3 Å². The number of benzene rings is 1. The maximum absolute atomic E-state index is 4.83. The Morgan fingerprint density at radius 3 is 2.41 bits per heavy atom. The Bertz CT molecular complexity index is 987. The Hall–Kier alpha value is -2.73. The van der Waals surface area contributed by atoms with Crippen molar-refractivity contribution in [2.75, 3.05) is 50.7 Å². The Kier molecular flexibility index (Phi) is 10.5. The van der Waals surface area contributed by atoms with Crippen LogP contribution in [-0.4, -0.2) is 76.4 Å². The molecule has 34 heavy (non-hydrogen) atoms. The lowest BCUT2D eigenvalue weighted by molar-refractivity contribution is 0.260. The van der Waals surface area contributed by atoms with E-state index in [9.17, 15) is 0 Å². The van der Waals surface area contributed by atoms with Gasteiger partial charge in [-0.2, -0.15) is 5.10 Å². The van der Waals surface area contributed by atoms with E-state index in [1.54, 1.807) is 12.4 Å². The van der Waals surface area contributed by atoms with Gasteiger partial charge in [0.15, 0.2) is 5.96 Å². The van der Waals surface area contributed by atoms with Crippen LogP contribution in [0.4, 0.5) is 5.95 Å². The van der Waals surface area contributed by atoms with E-state index in [0.717, 1.165) is 64.3 Å². The quantitative estimate of drug-likeness (QED) is 0.230. The SMILES string of the molecule is CCNC(=NCc1ccccc1Cn1cccn1)NCCN1CCN(c2ncccn2)CC1.I. The van der Waals surface area contributed by atoms with Crippen LogP contribution in [0, 0.1) is 0 Å². The molecule has 182 valence electrons. The van der Waals surface area contributed by atoms with Gasteiger partial charge in [0.2, 0.25) is 5.95 Å². The van der Waals surface area contributed by atoms with Gasteiger partial charge in [-0.3, -0.25) is 9.58 Å². The molecule has 2 N–H and O–H groups in total. The van der Waals surface area contributed by atoms with Crippen LogP contribution in [0.1, 0.15) is 18.1 Å². The van der Waals surface area contributed by atoms with Crippen molar-refractivity contribution in [3.05, 3.63) is 72.3 Å². The zero-order valence-electron chi connectivity index (χ0n) is 19.7. The standard InChI is InChI=1S/C24H33N9.HI/c1-2-25-23(29-19-21-7-3-4-8-22(21)20-33-13-6-11-30-33)26-12-14-31-15-17-32(18-16-31)24-27-9-5-10-28-24;/h3-11,13H,2,12,14-20H2,1H3,(H2,25,26,29);1H. The van der Waals surface area contributed by atoms with E-state index >= 15 is 0 Å². The maximum Gasteiger partial charge on any atom is 0.225 e. The Labute approximate surface area is 218 Å². The minimum atomic E-state index is 0. The number of nitrogens with one attached hydrogen (secondary N) is 2. The number of hydrogen-bond donors (Lipinski definition) is 2. The maximum atomic E-state index is 4.83. The van der Waals surface area contributed by atoms with Gasteiger partial charge in [0.05, 0.1) is 13.1 Å². The average Bonchev–Trinajstić information content (AvgIpc) is 3.37. The Morgan fingerprint density at radius 1 is 0.941 bits per heavy atom. The van der Waals surface area contributed by atoms with E-state index in [1.807, 2.05) is 29.2 Å². The third-order valence-electron chi connectivity index (χ3n) is 5.69. The van der Waals surface area contributed by atoms with E-state index in [2.05, 4.69) is 66.7 Å². The molecule has 0 aliphatic carbocycles. The molecule has 0 atom stereocenters. The number of anilines is 1. The molecule has 1 fully saturated rings. The number of aliphatic imine (C=N–C) groups is 1. The topological polar surface area (TPSA) is 86.5 Å². The highest BCUT2D eigenvalue weighted by atomic mass is 127. The van der Waals surface area contributed by atoms with Crippen LogP contribution in [0.2, 0.25) is 0 Å². The Morgan fingerprint density at radius 2 is 1.71 bits per heavy atom. The Balaban J connectivity index is 0.00000324. The van der Waals surface area contributed by atoms with Crippen LogP contribution in [0.15, 0.2) is 66.2 Å². The minimum absolute atomic E-state index is 0. The summed E-state index contributed by atoms with van der Waals surface area (Å²) in [6.07, 6.45) is 7.40. The van der Waals surface area contributed by atoms with Crippen LogP contribution in [0.5, 0.6) is 0 Å². The molecular weight excluding hydrogens is 541 g/mol. The number of guanidine groups is 1. The van der Waals surface area contributed by atoms with Crippen molar-refractivity contribution in [3.63, 3.8) is 0 Å².